The van der Waals surface area contributed by atoms with Gasteiger partial charge in [0.1, 0.15) is 11.9 Å². The molecule has 1 N–H and O–H groups in total. The fourth-order valence-electron chi connectivity index (χ4n) is 1.40. The average molecular weight is 258 g/mol. The summed E-state index contributed by atoms with van der Waals surface area (Å²) in [5.41, 5.74) is 0. The zero-order valence-electron chi connectivity index (χ0n) is 7.96. The van der Waals surface area contributed by atoms with E-state index in [-0.39, 0.29) is 6.10 Å². The van der Waals surface area contributed by atoms with Crippen LogP contribution in [0.15, 0.2) is 10.7 Å². The molecule has 2 heterocycles. The topological polar surface area (TPSA) is 47.0 Å². The summed E-state index contributed by atoms with van der Waals surface area (Å²) in [6, 6.07) is 0. The number of ether oxygens (including phenoxy) is 1. The molecule has 0 radical (unpaired) electrons. The summed E-state index contributed by atoms with van der Waals surface area (Å²) >= 11 is 3.37. The molecule has 14 heavy (non-hydrogen) atoms. The van der Waals surface area contributed by atoms with Crippen LogP contribution in [0.25, 0.3) is 0 Å². The Hall–Kier alpha value is -0.680. The first-order valence-corrected chi connectivity index (χ1v) is 5.41. The number of hydrogen-bond acceptors (Lipinski definition) is 4. The highest BCUT2D eigenvalue weighted by Gasteiger charge is 2.17. The number of nitrogens with zero attached hydrogens (tertiary/aromatic N) is 2. The van der Waals surface area contributed by atoms with Crippen molar-refractivity contribution < 1.29 is 4.74 Å². The average Bonchev–Trinajstić information content (AvgIpc) is 2.64. The van der Waals surface area contributed by atoms with Crippen molar-refractivity contribution in [1.82, 2.24) is 15.3 Å². The Labute approximate surface area is 91.2 Å². The van der Waals surface area contributed by atoms with Gasteiger partial charge in [-0.3, -0.25) is 0 Å². The molecule has 1 aliphatic heterocycles. The minimum Gasteiger partial charge on any atom is -0.472 e. The summed E-state index contributed by atoms with van der Waals surface area (Å²) in [7, 11) is 0. The van der Waals surface area contributed by atoms with E-state index in [0.717, 1.165) is 29.8 Å². The monoisotopic (exact) mass is 257 g/mol. The van der Waals surface area contributed by atoms with Crippen molar-refractivity contribution in [2.24, 2.45) is 0 Å². The van der Waals surface area contributed by atoms with E-state index in [2.05, 4.69) is 31.2 Å². The van der Waals surface area contributed by atoms with E-state index in [4.69, 9.17) is 4.74 Å². The second-order valence-electron chi connectivity index (χ2n) is 3.30. The number of aromatic nitrogens is 2. The van der Waals surface area contributed by atoms with E-state index < -0.39 is 0 Å². The van der Waals surface area contributed by atoms with Gasteiger partial charge in [-0.15, -0.1) is 0 Å². The van der Waals surface area contributed by atoms with Crippen LogP contribution in [-0.4, -0.2) is 29.2 Å². The number of nitrogens with one attached hydrogen (secondary N) is 1. The number of halogens is 1. The van der Waals surface area contributed by atoms with E-state index in [9.17, 15) is 0 Å². The molecule has 1 atom stereocenters. The summed E-state index contributed by atoms with van der Waals surface area (Å²) in [5, 5.41) is 3.24. The quantitative estimate of drug-likeness (QED) is 0.868. The van der Waals surface area contributed by atoms with E-state index in [1.54, 1.807) is 6.20 Å². The Kier molecular flexibility index (Phi) is 2.98. The molecule has 0 aromatic carbocycles. The Balaban J connectivity index is 2.10. The Morgan fingerprint density at radius 1 is 1.64 bits per heavy atom. The van der Waals surface area contributed by atoms with Gasteiger partial charge in [-0.2, -0.15) is 4.98 Å². The van der Waals surface area contributed by atoms with Gasteiger partial charge in [0.05, 0.1) is 4.47 Å². The molecule has 1 unspecified atom stereocenters. The minimum absolute atomic E-state index is 0.237. The number of hydrogen-bond donors (Lipinski definition) is 1. The highest BCUT2D eigenvalue weighted by molar-refractivity contribution is 9.10. The van der Waals surface area contributed by atoms with Crippen molar-refractivity contribution in [3.05, 3.63) is 16.5 Å². The van der Waals surface area contributed by atoms with Crippen molar-refractivity contribution in [2.75, 3.05) is 13.1 Å². The van der Waals surface area contributed by atoms with E-state index in [1.807, 2.05) is 6.92 Å². The van der Waals surface area contributed by atoms with Crippen molar-refractivity contribution in [3.8, 4) is 5.88 Å². The van der Waals surface area contributed by atoms with Crippen LogP contribution >= 0.6 is 15.9 Å². The number of rotatable bonds is 2. The van der Waals surface area contributed by atoms with Crippen LogP contribution in [0.4, 0.5) is 0 Å². The van der Waals surface area contributed by atoms with Crippen LogP contribution in [0.1, 0.15) is 12.2 Å². The van der Waals surface area contributed by atoms with Gasteiger partial charge in [0.15, 0.2) is 0 Å². The lowest BCUT2D eigenvalue weighted by atomic mass is 10.3. The first-order chi connectivity index (χ1) is 6.75. The van der Waals surface area contributed by atoms with Gasteiger partial charge in [-0.1, -0.05) is 0 Å². The van der Waals surface area contributed by atoms with Gasteiger partial charge in [-0.05, 0) is 35.8 Å². The molecule has 1 aromatic rings. The summed E-state index contributed by atoms with van der Waals surface area (Å²) in [6.07, 6.45) is 3.00. The molecule has 2 rings (SSSR count). The lowest BCUT2D eigenvalue weighted by Crippen LogP contribution is -2.20. The smallest absolute Gasteiger partial charge is 0.231 e. The fourth-order valence-corrected chi connectivity index (χ4v) is 1.69. The Bertz CT molecular complexity index is 326. The lowest BCUT2D eigenvalue weighted by Gasteiger charge is -2.12. The normalized spacial score (nSPS) is 21.1. The molecule has 1 saturated heterocycles. The molecule has 1 aromatic heterocycles. The Morgan fingerprint density at radius 3 is 3.21 bits per heavy atom. The molecule has 4 nitrogen and oxygen atoms in total. The van der Waals surface area contributed by atoms with Gasteiger partial charge in [0.2, 0.25) is 5.88 Å². The van der Waals surface area contributed by atoms with Crippen molar-refractivity contribution in [2.45, 2.75) is 19.4 Å². The van der Waals surface area contributed by atoms with Gasteiger partial charge >= 0.3 is 0 Å². The van der Waals surface area contributed by atoms with E-state index in [1.165, 1.54) is 0 Å². The largest absolute Gasteiger partial charge is 0.472 e. The van der Waals surface area contributed by atoms with Gasteiger partial charge in [-0.25, -0.2) is 4.98 Å². The highest BCUT2D eigenvalue weighted by atomic mass is 79.9. The SMILES string of the molecule is Cc1ncc(Br)c(OC2CCNC2)n1. The maximum atomic E-state index is 5.73. The maximum absolute atomic E-state index is 5.73. The van der Waals surface area contributed by atoms with Crippen LogP contribution < -0.4 is 10.1 Å². The molecule has 0 amide bonds. The summed E-state index contributed by atoms with van der Waals surface area (Å²) in [4.78, 5) is 8.29. The predicted octanol–water partition coefficient (Wildman–Crippen LogP) is 1.29. The third-order valence-corrected chi connectivity index (χ3v) is 2.67. The third kappa shape index (κ3) is 2.22. The molecule has 0 aliphatic carbocycles. The van der Waals surface area contributed by atoms with Gasteiger partial charge in [0.25, 0.3) is 0 Å². The highest BCUT2D eigenvalue weighted by Crippen LogP contribution is 2.23. The van der Waals surface area contributed by atoms with E-state index in [0.29, 0.717) is 5.88 Å². The first kappa shape index (κ1) is 9.86. The molecule has 0 saturated carbocycles. The molecule has 1 fully saturated rings. The standard InChI is InChI=1S/C9H12BrN3O/c1-6-12-5-8(10)9(13-6)14-7-2-3-11-4-7/h5,7,11H,2-4H2,1H3. The molecular weight excluding hydrogens is 246 g/mol. The van der Waals surface area contributed by atoms with Crippen LogP contribution in [0, 0.1) is 6.92 Å². The first-order valence-electron chi connectivity index (χ1n) is 4.62. The third-order valence-electron chi connectivity index (χ3n) is 2.13. The maximum Gasteiger partial charge on any atom is 0.231 e. The van der Waals surface area contributed by atoms with Crippen molar-refractivity contribution in [1.29, 1.82) is 0 Å². The second kappa shape index (κ2) is 4.23. The fraction of sp³-hybridized carbons (Fsp3) is 0.556. The Morgan fingerprint density at radius 2 is 2.50 bits per heavy atom. The number of aryl methyl sites for hydroxylation is 1. The van der Waals surface area contributed by atoms with Crippen LogP contribution in [0.5, 0.6) is 5.88 Å². The summed E-state index contributed by atoms with van der Waals surface area (Å²) < 4.78 is 6.54. The van der Waals surface area contributed by atoms with Crippen LogP contribution in [-0.2, 0) is 0 Å². The summed E-state index contributed by atoms with van der Waals surface area (Å²) in [5.74, 6) is 1.38. The van der Waals surface area contributed by atoms with Gasteiger partial charge in [0, 0.05) is 12.7 Å². The van der Waals surface area contributed by atoms with Crippen LogP contribution in [0.3, 0.4) is 0 Å². The zero-order valence-corrected chi connectivity index (χ0v) is 9.54. The van der Waals surface area contributed by atoms with Crippen LogP contribution in [0.2, 0.25) is 0 Å². The zero-order chi connectivity index (χ0) is 9.97. The summed E-state index contributed by atoms with van der Waals surface area (Å²) in [6.45, 7) is 3.77. The molecular formula is C9H12BrN3O. The van der Waals surface area contributed by atoms with Crippen molar-refractivity contribution in [3.63, 3.8) is 0 Å². The second-order valence-corrected chi connectivity index (χ2v) is 4.16. The molecule has 0 bridgehead atoms. The minimum atomic E-state index is 0.237. The van der Waals surface area contributed by atoms with Gasteiger partial charge < -0.3 is 10.1 Å². The molecule has 1 aliphatic rings. The van der Waals surface area contributed by atoms with Crippen molar-refractivity contribution >= 4 is 15.9 Å². The van der Waals surface area contributed by atoms with E-state index >= 15 is 0 Å². The molecule has 5 heteroatoms. The lowest BCUT2D eigenvalue weighted by molar-refractivity contribution is 0.211. The predicted molar refractivity (Wildman–Crippen MR) is 56.4 cm³/mol. The molecule has 0 spiro atoms. The molecule has 76 valence electrons.